The van der Waals surface area contributed by atoms with E-state index in [1.54, 1.807) is 0 Å². The Morgan fingerprint density at radius 1 is 1.39 bits per heavy atom. The number of nitrogens with zero attached hydrogens (tertiary/aromatic N) is 3. The van der Waals surface area contributed by atoms with E-state index < -0.39 is 0 Å². The lowest BCUT2D eigenvalue weighted by molar-refractivity contribution is 0.0948. The Bertz CT molecular complexity index is 708. The van der Waals surface area contributed by atoms with Crippen molar-refractivity contribution in [1.29, 1.82) is 0 Å². The molecule has 0 bridgehead atoms. The first-order chi connectivity index (χ1) is 11.2. The van der Waals surface area contributed by atoms with Crippen molar-refractivity contribution in [2.75, 3.05) is 0 Å². The second-order valence-electron chi connectivity index (χ2n) is 5.62. The summed E-state index contributed by atoms with van der Waals surface area (Å²) in [4.78, 5) is 16.3. The van der Waals surface area contributed by atoms with Crippen molar-refractivity contribution >= 4 is 11.7 Å². The monoisotopic (exact) mass is 312 g/mol. The maximum absolute atomic E-state index is 12.3. The second kappa shape index (κ2) is 6.64. The molecule has 0 saturated carbocycles. The summed E-state index contributed by atoms with van der Waals surface area (Å²) < 4.78 is 5.19. The van der Waals surface area contributed by atoms with Crippen molar-refractivity contribution in [1.82, 2.24) is 15.3 Å². The molecule has 1 aliphatic rings. The highest BCUT2D eigenvalue weighted by Crippen LogP contribution is 2.18. The molecule has 2 aromatic rings. The average molecular weight is 312 g/mol. The minimum absolute atomic E-state index is 0.242. The number of oxazole rings is 1. The minimum atomic E-state index is -0.285. The van der Waals surface area contributed by atoms with Gasteiger partial charge < -0.3 is 9.73 Å². The van der Waals surface area contributed by atoms with E-state index in [2.05, 4.69) is 34.5 Å². The van der Waals surface area contributed by atoms with Crippen molar-refractivity contribution in [3.63, 3.8) is 0 Å². The summed E-state index contributed by atoms with van der Waals surface area (Å²) in [5.74, 6) is 0.646. The van der Waals surface area contributed by atoms with Gasteiger partial charge in [-0.1, -0.05) is 37.3 Å². The highest BCUT2D eigenvalue weighted by atomic mass is 16.3. The van der Waals surface area contributed by atoms with E-state index in [-0.39, 0.29) is 17.7 Å². The van der Waals surface area contributed by atoms with Gasteiger partial charge in [0.1, 0.15) is 5.84 Å². The van der Waals surface area contributed by atoms with Crippen LogP contribution in [0.2, 0.25) is 0 Å². The number of benzene rings is 1. The molecule has 1 aromatic carbocycles. The first kappa shape index (κ1) is 15.3. The topological polar surface area (TPSA) is 70.7 Å². The summed E-state index contributed by atoms with van der Waals surface area (Å²) in [6.07, 6.45) is 2.66. The van der Waals surface area contributed by atoms with Crippen molar-refractivity contribution in [2.24, 2.45) is 5.10 Å². The molecule has 0 saturated heterocycles. The lowest BCUT2D eigenvalue weighted by Gasteiger charge is -2.19. The summed E-state index contributed by atoms with van der Waals surface area (Å²) in [6, 6.07) is 10.4. The van der Waals surface area contributed by atoms with Crippen molar-refractivity contribution in [3.05, 3.63) is 53.7 Å². The summed E-state index contributed by atoms with van der Waals surface area (Å²) in [6.45, 7) is 4.76. The van der Waals surface area contributed by atoms with Gasteiger partial charge in [0, 0.05) is 6.42 Å². The van der Waals surface area contributed by atoms with Gasteiger partial charge in [-0.25, -0.2) is 4.98 Å². The molecule has 1 aromatic heterocycles. The Morgan fingerprint density at radius 2 is 2.17 bits per heavy atom. The fourth-order valence-corrected chi connectivity index (χ4v) is 2.61. The average Bonchev–Trinajstić information content (AvgIpc) is 3.15. The van der Waals surface area contributed by atoms with Crippen LogP contribution in [0.4, 0.5) is 0 Å². The summed E-state index contributed by atoms with van der Waals surface area (Å²) in [7, 11) is 0. The van der Waals surface area contributed by atoms with Crippen LogP contribution in [0, 0.1) is 0 Å². The molecule has 0 spiro atoms. The predicted octanol–water partition coefficient (Wildman–Crippen LogP) is 2.57. The minimum Gasteiger partial charge on any atom is -0.438 e. The predicted molar refractivity (Wildman–Crippen MR) is 86.8 cm³/mol. The summed E-state index contributed by atoms with van der Waals surface area (Å²) in [5, 5.41) is 9.36. The zero-order valence-electron chi connectivity index (χ0n) is 13.3. The van der Waals surface area contributed by atoms with E-state index in [9.17, 15) is 4.79 Å². The lowest BCUT2D eigenvalue weighted by atomic mass is 10.2. The molecule has 1 aliphatic heterocycles. The normalized spacial score (nSPS) is 17.2. The number of amidine groups is 1. The molecular weight excluding hydrogens is 292 g/mol. The lowest BCUT2D eigenvalue weighted by Crippen LogP contribution is -2.30. The van der Waals surface area contributed by atoms with E-state index in [1.165, 1.54) is 12.0 Å². The molecule has 3 rings (SSSR count). The first-order valence-electron chi connectivity index (χ1n) is 7.79. The number of hydrogen-bond acceptors (Lipinski definition) is 5. The molecular formula is C17H20N4O2. The van der Waals surface area contributed by atoms with Crippen LogP contribution in [0.5, 0.6) is 0 Å². The van der Waals surface area contributed by atoms with Gasteiger partial charge in [-0.2, -0.15) is 5.10 Å². The van der Waals surface area contributed by atoms with Crippen LogP contribution in [0.1, 0.15) is 42.1 Å². The van der Waals surface area contributed by atoms with Gasteiger partial charge in [0.15, 0.2) is 6.39 Å². The number of rotatable bonds is 4. The number of carbonyl (C=O) groups excluding carboxylic acids is 1. The van der Waals surface area contributed by atoms with Gasteiger partial charge in [0.2, 0.25) is 5.76 Å². The number of carbonyl (C=O) groups is 1. The molecule has 1 N–H and O–H groups in total. The molecule has 1 unspecified atom stereocenters. The Labute approximate surface area is 135 Å². The zero-order chi connectivity index (χ0) is 16.2. The van der Waals surface area contributed by atoms with Crippen LogP contribution in [0.25, 0.3) is 0 Å². The van der Waals surface area contributed by atoms with Crippen LogP contribution in [0.15, 0.2) is 46.2 Å². The van der Waals surface area contributed by atoms with E-state index in [0.717, 1.165) is 6.54 Å². The van der Waals surface area contributed by atoms with Gasteiger partial charge in [-0.15, -0.1) is 0 Å². The first-order valence-corrected chi connectivity index (χ1v) is 7.79. The van der Waals surface area contributed by atoms with Gasteiger partial charge in [-0.3, -0.25) is 9.80 Å². The fraction of sp³-hybridized carbons (Fsp3) is 0.353. The molecule has 6 heteroatoms. The molecule has 1 amide bonds. The van der Waals surface area contributed by atoms with E-state index in [4.69, 9.17) is 4.42 Å². The molecule has 0 radical (unpaired) electrons. The third kappa shape index (κ3) is 3.41. The SMILES string of the molecule is CCc1ncoc1C(=O)NC1=NN(Cc2ccccc2)C(C)C1. The summed E-state index contributed by atoms with van der Waals surface area (Å²) >= 11 is 0. The molecule has 1 atom stereocenters. The van der Waals surface area contributed by atoms with Gasteiger partial charge in [0.25, 0.3) is 5.91 Å². The molecule has 23 heavy (non-hydrogen) atoms. The quantitative estimate of drug-likeness (QED) is 0.942. The highest BCUT2D eigenvalue weighted by molar-refractivity contribution is 6.05. The smallest absolute Gasteiger partial charge is 0.294 e. The zero-order valence-corrected chi connectivity index (χ0v) is 13.3. The van der Waals surface area contributed by atoms with Crippen LogP contribution < -0.4 is 5.32 Å². The maximum atomic E-state index is 12.3. The third-order valence-corrected chi connectivity index (χ3v) is 3.87. The Kier molecular flexibility index (Phi) is 4.41. The van der Waals surface area contributed by atoms with E-state index in [0.29, 0.717) is 24.4 Å². The fourth-order valence-electron chi connectivity index (χ4n) is 2.61. The largest absolute Gasteiger partial charge is 0.438 e. The van der Waals surface area contributed by atoms with E-state index in [1.807, 2.05) is 30.1 Å². The number of aromatic nitrogens is 1. The number of hydrogen-bond donors (Lipinski definition) is 1. The standard InChI is InChI=1S/C17H20N4O2/c1-3-14-16(23-11-18-14)17(22)19-15-9-12(2)21(20-15)10-13-7-5-4-6-8-13/h4-8,11-12H,3,9-10H2,1-2H3,(H,19,20,22). The Hall–Kier alpha value is -2.63. The van der Waals surface area contributed by atoms with Crippen molar-refractivity contribution in [2.45, 2.75) is 39.3 Å². The number of hydrazone groups is 1. The molecule has 6 nitrogen and oxygen atoms in total. The molecule has 0 aliphatic carbocycles. The van der Waals surface area contributed by atoms with Crippen molar-refractivity contribution < 1.29 is 9.21 Å². The van der Waals surface area contributed by atoms with Crippen LogP contribution in [0.3, 0.4) is 0 Å². The van der Waals surface area contributed by atoms with Gasteiger partial charge >= 0.3 is 0 Å². The second-order valence-corrected chi connectivity index (χ2v) is 5.62. The van der Waals surface area contributed by atoms with Crippen molar-refractivity contribution in [3.8, 4) is 0 Å². The van der Waals surface area contributed by atoms with Crippen LogP contribution >= 0.6 is 0 Å². The van der Waals surface area contributed by atoms with Gasteiger partial charge in [0.05, 0.1) is 18.3 Å². The van der Waals surface area contributed by atoms with Gasteiger partial charge in [-0.05, 0) is 18.9 Å². The van der Waals surface area contributed by atoms with E-state index >= 15 is 0 Å². The maximum Gasteiger partial charge on any atom is 0.294 e. The Morgan fingerprint density at radius 3 is 2.91 bits per heavy atom. The summed E-state index contributed by atoms with van der Waals surface area (Å²) in [5.41, 5.74) is 1.86. The molecule has 120 valence electrons. The molecule has 0 fully saturated rings. The van der Waals surface area contributed by atoms with Crippen LogP contribution in [-0.4, -0.2) is 27.8 Å². The number of aryl methyl sites for hydroxylation is 1. The third-order valence-electron chi connectivity index (χ3n) is 3.87. The highest BCUT2D eigenvalue weighted by Gasteiger charge is 2.25. The number of amides is 1. The molecule has 2 heterocycles. The Balaban J connectivity index is 1.67. The van der Waals surface area contributed by atoms with Crippen LogP contribution in [-0.2, 0) is 13.0 Å². The number of nitrogens with one attached hydrogen (secondary N) is 1.